The zero-order chi connectivity index (χ0) is 22.2. The second-order valence-electron chi connectivity index (χ2n) is 6.81. The number of carbonyl (C=O) groups is 1. The summed E-state index contributed by atoms with van der Waals surface area (Å²) in [5.41, 5.74) is -0.376. The van der Waals surface area contributed by atoms with E-state index in [1.165, 1.54) is 12.1 Å². The fourth-order valence-corrected chi connectivity index (χ4v) is 4.07. The summed E-state index contributed by atoms with van der Waals surface area (Å²) in [5, 5.41) is 32.2. The molecule has 0 aliphatic rings. The van der Waals surface area contributed by atoms with E-state index < -0.39 is 33.2 Å². The second-order valence-corrected chi connectivity index (χ2v) is 8.22. The van der Waals surface area contributed by atoms with Crippen molar-refractivity contribution in [2.45, 2.75) is 5.75 Å². The number of benzene rings is 4. The van der Waals surface area contributed by atoms with Crippen LogP contribution in [0.1, 0.15) is 15.9 Å². The van der Waals surface area contributed by atoms with Gasteiger partial charge in [-0.25, -0.2) is 13.2 Å². The molecule has 4 rings (SSSR count). The van der Waals surface area contributed by atoms with E-state index in [9.17, 15) is 28.0 Å². The number of rotatable bonds is 5. The molecule has 0 saturated heterocycles. The van der Waals surface area contributed by atoms with Gasteiger partial charge in [-0.1, -0.05) is 60.3 Å². The molecule has 0 aromatic heterocycles. The number of fused-ring (bicyclic) bond motifs is 2. The molecule has 0 amide bonds. The minimum absolute atomic E-state index is 0. The van der Waals surface area contributed by atoms with Gasteiger partial charge in [0.05, 0.1) is 32.8 Å². The van der Waals surface area contributed by atoms with Crippen molar-refractivity contribution in [1.29, 1.82) is 0 Å². The van der Waals surface area contributed by atoms with Crippen LogP contribution in [-0.4, -0.2) is 61.8 Å². The Labute approximate surface area is 213 Å². The number of hydrogen-bond donors (Lipinski definition) is 1. The molecule has 0 aliphatic heterocycles. The predicted octanol–water partition coefficient (Wildman–Crippen LogP) is 3.84. The molecular weight excluding hydrogens is 460 g/mol. The van der Waals surface area contributed by atoms with Crippen LogP contribution in [0.15, 0.2) is 77.0 Å². The third-order valence-corrected chi connectivity index (χ3v) is 5.44. The van der Waals surface area contributed by atoms with E-state index >= 15 is 0 Å². The van der Waals surface area contributed by atoms with Gasteiger partial charge in [-0.2, -0.15) is 10.2 Å². The van der Waals surface area contributed by atoms with Crippen LogP contribution in [0.25, 0.3) is 21.5 Å². The first kappa shape index (κ1) is 24.1. The van der Waals surface area contributed by atoms with Crippen LogP contribution in [0, 0.1) is 0 Å². The molecule has 0 saturated carbocycles. The molecule has 32 heavy (non-hydrogen) atoms. The van der Waals surface area contributed by atoms with Crippen LogP contribution in [0.2, 0.25) is 0 Å². The van der Waals surface area contributed by atoms with Crippen molar-refractivity contribution in [2.24, 2.45) is 10.2 Å². The van der Waals surface area contributed by atoms with Crippen molar-refractivity contribution in [3.8, 4) is 5.75 Å². The standard InChI is InChI=1S/C22H16N2O6S.Ca/c25-21-17(22(26)27)11-14-6-2-4-8-16(14)20(21)24-23-19-10-9-13-5-1-3-7-15(13)18(19)12-31(28,29)30;/h1-11,25H,12H2,(H,26,27)(H,28,29,30);/q;+2/p-2. The summed E-state index contributed by atoms with van der Waals surface area (Å²) in [6, 6.07) is 18.0. The summed E-state index contributed by atoms with van der Waals surface area (Å²) in [6.07, 6.45) is 0. The molecule has 156 valence electrons. The normalized spacial score (nSPS) is 11.7. The fourth-order valence-electron chi connectivity index (χ4n) is 3.42. The van der Waals surface area contributed by atoms with Gasteiger partial charge >= 0.3 is 43.7 Å². The Morgan fingerprint density at radius 2 is 1.53 bits per heavy atom. The zero-order valence-electron chi connectivity index (χ0n) is 16.6. The van der Waals surface area contributed by atoms with Crippen molar-refractivity contribution in [1.82, 2.24) is 0 Å². The smallest absolute Gasteiger partial charge is 0.870 e. The largest absolute Gasteiger partial charge is 2.00 e. The number of aromatic carboxylic acids is 1. The minimum atomic E-state index is -4.63. The molecule has 0 heterocycles. The Morgan fingerprint density at radius 3 is 2.19 bits per heavy atom. The molecular formula is C22H14CaN2O6S. The Morgan fingerprint density at radius 1 is 0.906 bits per heavy atom. The van der Waals surface area contributed by atoms with Crippen LogP contribution in [0.4, 0.5) is 11.4 Å². The van der Waals surface area contributed by atoms with Crippen LogP contribution >= 0.6 is 0 Å². The van der Waals surface area contributed by atoms with Crippen molar-refractivity contribution >= 4 is 86.7 Å². The number of carboxylic acid groups (broad SMARTS) is 1. The van der Waals surface area contributed by atoms with E-state index in [4.69, 9.17) is 0 Å². The molecule has 1 N–H and O–H groups in total. The molecule has 4 aromatic rings. The van der Waals surface area contributed by atoms with E-state index in [0.717, 1.165) is 0 Å². The van der Waals surface area contributed by atoms with Gasteiger partial charge in [-0.05, 0) is 28.3 Å². The Balaban J connectivity index is 0.00000289. The van der Waals surface area contributed by atoms with Gasteiger partial charge in [-0.3, -0.25) is 0 Å². The Hall–Kier alpha value is -2.56. The van der Waals surface area contributed by atoms with Crippen LogP contribution in [-0.2, 0) is 15.9 Å². The number of carboxylic acids is 1. The van der Waals surface area contributed by atoms with Gasteiger partial charge < -0.3 is 14.8 Å². The van der Waals surface area contributed by atoms with Crippen molar-refractivity contribution in [2.75, 3.05) is 0 Å². The Bertz CT molecular complexity index is 1490. The molecule has 0 aliphatic carbocycles. The summed E-state index contributed by atoms with van der Waals surface area (Å²) >= 11 is 0. The molecule has 0 fully saturated rings. The van der Waals surface area contributed by atoms with E-state index in [1.54, 1.807) is 54.6 Å². The molecule has 0 radical (unpaired) electrons. The molecule has 4 aromatic carbocycles. The summed E-state index contributed by atoms with van der Waals surface area (Å²) < 4.78 is 34.4. The van der Waals surface area contributed by atoms with Crippen LogP contribution in [0.5, 0.6) is 5.75 Å². The number of nitrogens with zero attached hydrogens (tertiary/aromatic N) is 2. The molecule has 0 spiro atoms. The first-order valence-corrected chi connectivity index (χ1v) is 10.6. The maximum Gasteiger partial charge on any atom is 2.00 e. The molecule has 8 nitrogen and oxygen atoms in total. The average Bonchev–Trinajstić information content (AvgIpc) is 2.72. The Kier molecular flexibility index (Phi) is 7.16. The first-order chi connectivity index (χ1) is 14.7. The summed E-state index contributed by atoms with van der Waals surface area (Å²) in [7, 11) is -4.63. The van der Waals surface area contributed by atoms with E-state index in [0.29, 0.717) is 21.5 Å². The van der Waals surface area contributed by atoms with Gasteiger partial charge in [0.25, 0.3) is 0 Å². The van der Waals surface area contributed by atoms with Gasteiger partial charge in [0, 0.05) is 10.9 Å². The summed E-state index contributed by atoms with van der Waals surface area (Å²) in [4.78, 5) is 11.5. The topological polar surface area (TPSA) is 142 Å². The maximum atomic E-state index is 12.7. The number of hydrogen-bond acceptors (Lipinski definition) is 7. The minimum Gasteiger partial charge on any atom is -0.870 e. The van der Waals surface area contributed by atoms with Gasteiger partial charge in [0.15, 0.2) is 0 Å². The molecule has 10 heteroatoms. The van der Waals surface area contributed by atoms with Crippen LogP contribution < -0.4 is 5.11 Å². The van der Waals surface area contributed by atoms with Crippen LogP contribution in [0.3, 0.4) is 0 Å². The fraction of sp³-hybridized carbons (Fsp3) is 0.0455. The third kappa shape index (κ3) is 4.92. The maximum absolute atomic E-state index is 12.7. The van der Waals surface area contributed by atoms with E-state index in [-0.39, 0.29) is 54.7 Å². The SMILES string of the molecule is O=C(O)c1cc2ccccc2c(N=Nc2ccc3ccccc3c2CS(=O)(=O)[O-])c1[O-].[Ca+2]. The van der Waals surface area contributed by atoms with Crippen molar-refractivity contribution in [3.05, 3.63) is 77.9 Å². The molecule has 0 bridgehead atoms. The first-order valence-electron chi connectivity index (χ1n) is 9.06. The molecule has 0 unspecified atom stereocenters. The van der Waals surface area contributed by atoms with Crippen molar-refractivity contribution in [3.63, 3.8) is 0 Å². The van der Waals surface area contributed by atoms with E-state index in [1.807, 2.05) is 0 Å². The summed E-state index contributed by atoms with van der Waals surface area (Å²) in [5.74, 6) is -3.01. The quantitative estimate of drug-likeness (QED) is 0.264. The summed E-state index contributed by atoms with van der Waals surface area (Å²) in [6.45, 7) is 0. The second kappa shape index (κ2) is 9.51. The predicted molar refractivity (Wildman–Crippen MR) is 118 cm³/mol. The van der Waals surface area contributed by atoms with Gasteiger partial charge in [-0.15, -0.1) is 0 Å². The van der Waals surface area contributed by atoms with Crippen molar-refractivity contribution < 1.29 is 28.0 Å². The average molecular weight is 475 g/mol. The van der Waals surface area contributed by atoms with Gasteiger partial charge in [0.2, 0.25) is 0 Å². The zero-order valence-corrected chi connectivity index (χ0v) is 19.6. The van der Waals surface area contributed by atoms with E-state index in [2.05, 4.69) is 10.2 Å². The monoisotopic (exact) mass is 474 g/mol. The van der Waals surface area contributed by atoms with Gasteiger partial charge in [0.1, 0.15) is 0 Å². The third-order valence-electron chi connectivity index (χ3n) is 4.80. The molecule has 0 atom stereocenters. The number of azo groups is 1.